The number of carbonyl (C=O) groups is 1. The largest absolute Gasteiger partial charge is 0.464 e. The van der Waals surface area contributed by atoms with E-state index in [1.807, 2.05) is 6.07 Å². The van der Waals surface area contributed by atoms with Crippen molar-refractivity contribution >= 4 is 21.8 Å². The number of para-hydroxylation sites is 1. The number of hydrogen-bond donors (Lipinski definition) is 2. The van der Waals surface area contributed by atoms with Gasteiger partial charge in [0.1, 0.15) is 11.8 Å². The average Bonchev–Trinajstić information content (AvgIpc) is 3.03. The number of nitrogen functional groups attached to an aromatic ring is 1. The molecule has 1 aromatic heterocycles. The summed E-state index contributed by atoms with van der Waals surface area (Å²) >= 11 is 0. The van der Waals surface area contributed by atoms with Crippen molar-refractivity contribution in [3.8, 4) is 23.3 Å². The fourth-order valence-corrected chi connectivity index (χ4v) is 3.15. The number of esters is 1. The molecule has 0 spiro atoms. The summed E-state index contributed by atoms with van der Waals surface area (Å²) in [7, 11) is -3.41. The second-order valence-electron chi connectivity index (χ2n) is 5.80. The van der Waals surface area contributed by atoms with Crippen molar-refractivity contribution in [1.29, 1.82) is 5.26 Å². The predicted octanol–water partition coefficient (Wildman–Crippen LogP) is 2.76. The van der Waals surface area contributed by atoms with E-state index in [1.165, 1.54) is 16.8 Å². The summed E-state index contributed by atoms with van der Waals surface area (Å²) in [5.74, 6) is -0.256. The molecule has 3 aromatic rings. The van der Waals surface area contributed by atoms with Gasteiger partial charge in [-0.15, -0.1) is 0 Å². The van der Waals surface area contributed by atoms with Crippen LogP contribution in [-0.2, 0) is 14.9 Å². The Labute approximate surface area is 166 Å². The molecule has 0 fully saturated rings. The van der Waals surface area contributed by atoms with Crippen molar-refractivity contribution in [2.24, 2.45) is 0 Å². The molecule has 0 atom stereocenters. The van der Waals surface area contributed by atoms with Gasteiger partial charge in [-0.05, 0) is 30.3 Å². The smallest absolute Gasteiger partial charge is 0.357 e. The number of methoxy groups -OCH3 is 1. The molecule has 2 aromatic carbocycles. The number of aromatic nitrogens is 1. The first-order chi connectivity index (χ1) is 13.8. The van der Waals surface area contributed by atoms with E-state index in [0.717, 1.165) is 19.2 Å². The molecule has 0 aliphatic carbocycles. The molecule has 0 radical (unpaired) electrons. The van der Waals surface area contributed by atoms with E-state index < -0.39 is 21.0 Å². The molecule has 3 rings (SSSR count). The summed E-state index contributed by atoms with van der Waals surface area (Å²) in [5, 5.41) is 9.28. The molecule has 0 saturated carbocycles. The number of anilines is 1. The van der Waals surface area contributed by atoms with Gasteiger partial charge in [0.05, 0.1) is 28.9 Å². The Morgan fingerprint density at radius 3 is 2.48 bits per heavy atom. The van der Waals surface area contributed by atoms with Crippen LogP contribution < -0.4 is 10.5 Å². The summed E-state index contributed by atoms with van der Waals surface area (Å²) in [6.07, 6.45) is 1.25. The lowest BCUT2D eigenvalue weighted by molar-refractivity contribution is 0.0593. The first-order valence-corrected chi connectivity index (χ1v) is 9.54. The Kier molecular flexibility index (Phi) is 5.27. The van der Waals surface area contributed by atoms with Crippen molar-refractivity contribution in [1.82, 2.24) is 4.57 Å². The second kappa shape index (κ2) is 7.67. The minimum Gasteiger partial charge on any atom is -0.464 e. The number of carbonyl (C=O) groups excluding carboxylic acids is 1. The first kappa shape index (κ1) is 19.9. The highest BCUT2D eigenvalue weighted by Crippen LogP contribution is 2.34. The Morgan fingerprint density at radius 2 is 1.90 bits per heavy atom. The lowest BCUT2D eigenvalue weighted by Crippen LogP contribution is -2.12. The van der Waals surface area contributed by atoms with Gasteiger partial charge in [0, 0.05) is 6.20 Å². The second-order valence-corrected chi connectivity index (χ2v) is 7.22. The minimum absolute atomic E-state index is 0.0201. The normalized spacial score (nSPS) is 10.9. The lowest BCUT2D eigenvalue weighted by atomic mass is 10.2. The van der Waals surface area contributed by atoms with Crippen molar-refractivity contribution < 1.29 is 27.2 Å². The van der Waals surface area contributed by atoms with Crippen LogP contribution in [0.25, 0.3) is 5.69 Å². The molecule has 9 nitrogen and oxygen atoms in total. The van der Waals surface area contributed by atoms with E-state index in [1.54, 1.807) is 30.3 Å². The van der Waals surface area contributed by atoms with Crippen LogP contribution in [0.2, 0.25) is 0 Å². The van der Waals surface area contributed by atoms with Crippen molar-refractivity contribution in [2.45, 2.75) is 4.90 Å². The number of benzene rings is 2. The third-order valence-electron chi connectivity index (χ3n) is 4.00. The molecule has 0 unspecified atom stereocenters. The maximum Gasteiger partial charge on any atom is 0.357 e. The van der Waals surface area contributed by atoms with Crippen molar-refractivity contribution in [2.75, 3.05) is 12.8 Å². The van der Waals surface area contributed by atoms with E-state index in [4.69, 9.17) is 15.2 Å². The summed E-state index contributed by atoms with van der Waals surface area (Å²) in [6.45, 7) is 0. The standard InChI is InChI=1S/C19H15N3O6S/c1-27-19(23)18-17(21)12(10-20)11-22(18)15-9-14(29(24,25)26)7-8-16(15)28-13-5-3-2-4-6-13/h2-9,11H,21H2,1H3,(H,24,25,26). The van der Waals surface area contributed by atoms with Gasteiger partial charge in [-0.3, -0.25) is 4.55 Å². The molecular formula is C19H15N3O6S. The summed E-state index contributed by atoms with van der Waals surface area (Å²) in [4.78, 5) is 11.8. The first-order valence-electron chi connectivity index (χ1n) is 8.10. The monoisotopic (exact) mass is 413 g/mol. The maximum atomic E-state index is 12.3. The average molecular weight is 413 g/mol. The predicted molar refractivity (Wildman–Crippen MR) is 103 cm³/mol. The van der Waals surface area contributed by atoms with E-state index in [2.05, 4.69) is 0 Å². The number of ether oxygens (including phenoxy) is 2. The summed E-state index contributed by atoms with van der Waals surface area (Å²) in [5.41, 5.74) is 5.61. The fourth-order valence-electron chi connectivity index (χ4n) is 2.65. The van der Waals surface area contributed by atoms with Gasteiger partial charge >= 0.3 is 5.97 Å². The zero-order chi connectivity index (χ0) is 21.2. The van der Waals surface area contributed by atoms with E-state index in [-0.39, 0.29) is 28.4 Å². The third-order valence-corrected chi connectivity index (χ3v) is 4.85. The van der Waals surface area contributed by atoms with Gasteiger partial charge in [0.2, 0.25) is 0 Å². The van der Waals surface area contributed by atoms with E-state index in [0.29, 0.717) is 5.75 Å². The molecule has 0 aliphatic rings. The van der Waals surface area contributed by atoms with E-state index >= 15 is 0 Å². The minimum atomic E-state index is -4.55. The molecular weight excluding hydrogens is 398 g/mol. The van der Waals surface area contributed by atoms with Crippen molar-refractivity contribution in [3.05, 3.63) is 66.0 Å². The van der Waals surface area contributed by atoms with Crippen LogP contribution >= 0.6 is 0 Å². The molecule has 1 heterocycles. The molecule has 0 amide bonds. The molecule has 10 heteroatoms. The van der Waals surface area contributed by atoms with Crippen molar-refractivity contribution in [3.63, 3.8) is 0 Å². The maximum absolute atomic E-state index is 12.3. The van der Waals surface area contributed by atoms with Gasteiger partial charge in [-0.25, -0.2) is 4.79 Å². The van der Waals surface area contributed by atoms with Crippen LogP contribution in [0.1, 0.15) is 16.1 Å². The summed E-state index contributed by atoms with van der Waals surface area (Å²) in [6, 6.07) is 14.0. The molecule has 29 heavy (non-hydrogen) atoms. The highest BCUT2D eigenvalue weighted by Gasteiger charge is 2.25. The Balaban J connectivity index is 2.29. The number of rotatable bonds is 5. The molecule has 148 valence electrons. The van der Waals surface area contributed by atoms with Crippen LogP contribution in [-0.4, -0.2) is 30.6 Å². The Morgan fingerprint density at radius 1 is 1.21 bits per heavy atom. The van der Waals surface area contributed by atoms with Gasteiger partial charge in [-0.2, -0.15) is 13.7 Å². The Hall–Kier alpha value is -3.81. The molecule has 0 aliphatic heterocycles. The van der Waals surface area contributed by atoms with Crippen LogP contribution in [0.5, 0.6) is 11.5 Å². The summed E-state index contributed by atoms with van der Waals surface area (Å²) < 4.78 is 44.4. The third kappa shape index (κ3) is 3.91. The highest BCUT2D eigenvalue weighted by atomic mass is 32.2. The highest BCUT2D eigenvalue weighted by molar-refractivity contribution is 7.85. The molecule has 0 bridgehead atoms. The fraction of sp³-hybridized carbons (Fsp3) is 0.0526. The topological polar surface area (TPSA) is 145 Å². The van der Waals surface area contributed by atoms with Gasteiger partial charge < -0.3 is 19.8 Å². The van der Waals surface area contributed by atoms with Gasteiger partial charge in [0.15, 0.2) is 11.4 Å². The van der Waals surface area contributed by atoms with Crippen LogP contribution in [0.3, 0.4) is 0 Å². The molecule has 0 saturated heterocycles. The number of hydrogen-bond acceptors (Lipinski definition) is 7. The zero-order valence-electron chi connectivity index (χ0n) is 15.1. The van der Waals surface area contributed by atoms with Gasteiger partial charge in [-0.1, -0.05) is 18.2 Å². The SMILES string of the molecule is COC(=O)c1c(N)c(C#N)cn1-c1cc(S(=O)(=O)O)ccc1Oc1ccccc1. The zero-order valence-corrected chi connectivity index (χ0v) is 15.9. The number of nitrogens with two attached hydrogens (primary N) is 1. The van der Waals surface area contributed by atoms with Crippen LogP contribution in [0, 0.1) is 11.3 Å². The lowest BCUT2D eigenvalue weighted by Gasteiger charge is -2.15. The van der Waals surface area contributed by atoms with Crippen LogP contribution in [0.15, 0.2) is 59.6 Å². The molecule has 3 N–H and O–H groups in total. The van der Waals surface area contributed by atoms with E-state index in [9.17, 15) is 23.0 Å². The quantitative estimate of drug-likeness (QED) is 0.480. The van der Waals surface area contributed by atoms with Gasteiger partial charge in [0.25, 0.3) is 10.1 Å². The number of nitrogens with zero attached hydrogens (tertiary/aromatic N) is 2. The Bertz CT molecular complexity index is 1230. The van der Waals surface area contributed by atoms with Crippen LogP contribution in [0.4, 0.5) is 5.69 Å². The number of nitriles is 1.